The Labute approximate surface area is 206 Å². The Balaban J connectivity index is 1.59. The lowest BCUT2D eigenvalue weighted by Gasteiger charge is -2.31. The van der Waals surface area contributed by atoms with Gasteiger partial charge in [-0.05, 0) is 74.1 Å². The second kappa shape index (κ2) is 10.7. The molecule has 1 saturated heterocycles. The van der Waals surface area contributed by atoms with Gasteiger partial charge >= 0.3 is 0 Å². The highest BCUT2D eigenvalue weighted by Crippen LogP contribution is 2.20. The fraction of sp³-hybridized carbons (Fsp3) is 0.407. The van der Waals surface area contributed by atoms with Crippen molar-refractivity contribution in [1.29, 1.82) is 0 Å². The number of anilines is 1. The highest BCUT2D eigenvalue weighted by atomic mass is 32.1. The highest BCUT2D eigenvalue weighted by molar-refractivity contribution is 7.80. The Morgan fingerprint density at radius 2 is 1.85 bits per heavy atom. The van der Waals surface area contributed by atoms with E-state index in [2.05, 4.69) is 71.2 Å². The van der Waals surface area contributed by atoms with E-state index in [1.165, 1.54) is 11.1 Å². The number of morpholine rings is 1. The Bertz CT molecular complexity index is 1250. The number of nitrogens with one attached hydrogen (secondary N) is 2. The van der Waals surface area contributed by atoms with Crippen LogP contribution >= 0.6 is 12.2 Å². The van der Waals surface area contributed by atoms with Gasteiger partial charge in [0.05, 0.1) is 25.3 Å². The summed E-state index contributed by atoms with van der Waals surface area (Å²) < 4.78 is 5.49. The molecule has 4 rings (SSSR count). The predicted octanol–water partition coefficient (Wildman–Crippen LogP) is 4.29. The van der Waals surface area contributed by atoms with E-state index in [9.17, 15) is 4.79 Å². The van der Waals surface area contributed by atoms with Crippen LogP contribution < -0.4 is 10.9 Å². The number of benzene rings is 2. The summed E-state index contributed by atoms with van der Waals surface area (Å²) in [5.41, 5.74) is 7.18. The van der Waals surface area contributed by atoms with Gasteiger partial charge in [-0.3, -0.25) is 9.69 Å². The Morgan fingerprint density at radius 3 is 2.59 bits per heavy atom. The molecule has 180 valence electrons. The average molecular weight is 479 g/mol. The van der Waals surface area contributed by atoms with E-state index in [1.807, 2.05) is 13.0 Å². The average Bonchev–Trinajstić information content (AvgIpc) is 2.82. The van der Waals surface area contributed by atoms with E-state index in [1.54, 1.807) is 0 Å². The standard InChI is InChI=1S/C27H34N4O2S/c1-18-5-8-24(20(3)15-18)28-27(34)31(10-9-30-11-13-33-14-12-30)17-23-16-22-7-6-19(2)21(4)25(22)29-26(23)32/h5-8,15-16H,9-14,17H2,1-4H3,(H,28,34)(H,29,32). The Hall–Kier alpha value is -2.74. The van der Waals surface area contributed by atoms with E-state index in [-0.39, 0.29) is 5.56 Å². The topological polar surface area (TPSA) is 60.6 Å². The summed E-state index contributed by atoms with van der Waals surface area (Å²) in [5, 5.41) is 5.09. The molecule has 3 aromatic rings. The lowest BCUT2D eigenvalue weighted by atomic mass is 10.0. The summed E-state index contributed by atoms with van der Waals surface area (Å²) in [5.74, 6) is 0. The third-order valence-corrected chi connectivity index (χ3v) is 7.05. The molecule has 0 saturated carbocycles. The number of rotatable bonds is 6. The number of nitrogens with zero attached hydrogens (tertiary/aromatic N) is 2. The molecule has 0 spiro atoms. The minimum absolute atomic E-state index is 0.0631. The lowest BCUT2D eigenvalue weighted by molar-refractivity contribution is 0.0358. The lowest BCUT2D eigenvalue weighted by Crippen LogP contribution is -2.44. The number of aryl methyl sites for hydroxylation is 4. The molecule has 7 heteroatoms. The van der Waals surface area contributed by atoms with Crippen LogP contribution in [0.3, 0.4) is 0 Å². The molecule has 1 aromatic heterocycles. The second-order valence-corrected chi connectivity index (χ2v) is 9.61. The van der Waals surface area contributed by atoms with Crippen LogP contribution in [-0.2, 0) is 11.3 Å². The van der Waals surface area contributed by atoms with Gasteiger partial charge < -0.3 is 19.9 Å². The smallest absolute Gasteiger partial charge is 0.253 e. The largest absolute Gasteiger partial charge is 0.379 e. The maximum atomic E-state index is 13.0. The molecule has 2 aromatic carbocycles. The Morgan fingerprint density at radius 1 is 1.09 bits per heavy atom. The second-order valence-electron chi connectivity index (χ2n) is 9.22. The number of ether oxygens (including phenoxy) is 1. The van der Waals surface area contributed by atoms with Gasteiger partial charge in [0.25, 0.3) is 5.56 Å². The van der Waals surface area contributed by atoms with Crippen LogP contribution in [0.5, 0.6) is 0 Å². The zero-order valence-corrected chi connectivity index (χ0v) is 21.3. The van der Waals surface area contributed by atoms with Crippen molar-refractivity contribution in [2.45, 2.75) is 34.2 Å². The Kier molecular flexibility index (Phi) is 7.66. The third-order valence-electron chi connectivity index (χ3n) is 6.69. The van der Waals surface area contributed by atoms with Crippen molar-refractivity contribution < 1.29 is 4.74 Å². The van der Waals surface area contributed by atoms with Crippen molar-refractivity contribution in [1.82, 2.24) is 14.8 Å². The molecule has 0 radical (unpaired) electrons. The first-order valence-corrected chi connectivity index (χ1v) is 12.3. The molecular formula is C27H34N4O2S. The van der Waals surface area contributed by atoms with Crippen LogP contribution in [-0.4, -0.2) is 59.3 Å². The van der Waals surface area contributed by atoms with Crippen molar-refractivity contribution in [3.8, 4) is 0 Å². The van der Waals surface area contributed by atoms with Crippen molar-refractivity contribution in [2.24, 2.45) is 0 Å². The third kappa shape index (κ3) is 5.66. The van der Waals surface area contributed by atoms with E-state index >= 15 is 0 Å². The molecule has 0 bridgehead atoms. The number of H-pyrrole nitrogens is 1. The fourth-order valence-electron chi connectivity index (χ4n) is 4.38. The van der Waals surface area contributed by atoms with Crippen molar-refractivity contribution in [3.63, 3.8) is 0 Å². The van der Waals surface area contributed by atoms with Gasteiger partial charge in [-0.15, -0.1) is 0 Å². The van der Waals surface area contributed by atoms with Gasteiger partial charge in [0.1, 0.15) is 0 Å². The van der Waals surface area contributed by atoms with Crippen molar-refractivity contribution >= 4 is 33.9 Å². The van der Waals surface area contributed by atoms with Crippen LogP contribution in [0.2, 0.25) is 0 Å². The van der Waals surface area contributed by atoms with E-state index in [4.69, 9.17) is 17.0 Å². The normalized spacial score (nSPS) is 14.4. The van der Waals surface area contributed by atoms with Gasteiger partial charge in [0.2, 0.25) is 0 Å². The summed E-state index contributed by atoms with van der Waals surface area (Å²) in [6.45, 7) is 13.6. The number of thiocarbonyl (C=S) groups is 1. The zero-order chi connectivity index (χ0) is 24.2. The number of hydrogen-bond acceptors (Lipinski definition) is 4. The molecule has 0 aliphatic carbocycles. The van der Waals surface area contributed by atoms with Gasteiger partial charge in [-0.25, -0.2) is 0 Å². The van der Waals surface area contributed by atoms with Gasteiger partial charge in [-0.1, -0.05) is 29.8 Å². The number of pyridine rings is 1. The van der Waals surface area contributed by atoms with E-state index in [0.717, 1.165) is 67.1 Å². The van der Waals surface area contributed by atoms with Gasteiger partial charge in [-0.2, -0.15) is 0 Å². The molecule has 6 nitrogen and oxygen atoms in total. The van der Waals surface area contributed by atoms with Gasteiger partial charge in [0, 0.05) is 37.4 Å². The zero-order valence-electron chi connectivity index (χ0n) is 20.5. The molecular weight excluding hydrogens is 444 g/mol. The number of hydrogen-bond donors (Lipinski definition) is 2. The van der Waals surface area contributed by atoms with Crippen molar-refractivity contribution in [3.05, 3.63) is 74.6 Å². The summed E-state index contributed by atoms with van der Waals surface area (Å²) >= 11 is 5.85. The summed E-state index contributed by atoms with van der Waals surface area (Å²) in [4.78, 5) is 20.6. The van der Waals surface area contributed by atoms with Crippen molar-refractivity contribution in [2.75, 3.05) is 44.7 Å². The molecule has 2 heterocycles. The van der Waals surface area contributed by atoms with Crippen LogP contribution in [0.15, 0.2) is 41.2 Å². The molecule has 0 unspecified atom stereocenters. The number of fused-ring (bicyclic) bond motifs is 1. The molecule has 1 fully saturated rings. The van der Waals surface area contributed by atoms with Crippen LogP contribution in [0.1, 0.15) is 27.8 Å². The molecule has 34 heavy (non-hydrogen) atoms. The number of aromatic amines is 1. The summed E-state index contributed by atoms with van der Waals surface area (Å²) in [6.07, 6.45) is 0. The van der Waals surface area contributed by atoms with Gasteiger partial charge in [0.15, 0.2) is 5.11 Å². The molecule has 0 amide bonds. The first kappa shape index (κ1) is 24.4. The number of aromatic nitrogens is 1. The predicted molar refractivity (Wildman–Crippen MR) is 144 cm³/mol. The fourth-order valence-corrected chi connectivity index (χ4v) is 4.65. The first-order chi connectivity index (χ1) is 16.3. The molecule has 1 aliphatic rings. The minimum atomic E-state index is -0.0631. The van der Waals surface area contributed by atoms with Crippen LogP contribution in [0, 0.1) is 27.7 Å². The monoisotopic (exact) mass is 478 g/mol. The van der Waals surface area contributed by atoms with Crippen LogP contribution in [0.25, 0.3) is 10.9 Å². The van der Waals surface area contributed by atoms with Crippen LogP contribution in [0.4, 0.5) is 5.69 Å². The maximum Gasteiger partial charge on any atom is 0.253 e. The van der Waals surface area contributed by atoms with E-state index < -0.39 is 0 Å². The van der Waals surface area contributed by atoms with E-state index in [0.29, 0.717) is 17.2 Å². The highest BCUT2D eigenvalue weighted by Gasteiger charge is 2.18. The molecule has 0 atom stereocenters. The SMILES string of the molecule is Cc1ccc(NC(=S)N(CCN2CCOCC2)Cc2cc3ccc(C)c(C)c3[nH]c2=O)c(C)c1. The summed E-state index contributed by atoms with van der Waals surface area (Å²) in [6, 6.07) is 12.5. The molecule has 1 aliphatic heterocycles. The summed E-state index contributed by atoms with van der Waals surface area (Å²) in [7, 11) is 0. The first-order valence-electron chi connectivity index (χ1n) is 11.9. The molecule has 2 N–H and O–H groups in total. The minimum Gasteiger partial charge on any atom is -0.379 e. The maximum absolute atomic E-state index is 13.0. The quantitative estimate of drug-likeness (QED) is 0.516.